The Balaban J connectivity index is 1.12. The number of piperidine rings is 2. The molecule has 46 heavy (non-hydrogen) atoms. The number of carbonyl (C=O) groups excluding carboxylic acids is 3. The quantitative estimate of drug-likeness (QED) is 0.442. The molecule has 3 amide bonds. The second-order valence-electron chi connectivity index (χ2n) is 13.0. The van der Waals surface area contributed by atoms with Crippen molar-refractivity contribution < 1.29 is 19.1 Å². The summed E-state index contributed by atoms with van der Waals surface area (Å²) >= 11 is 10.1. The Labute approximate surface area is 284 Å². The average Bonchev–Trinajstić information content (AvgIpc) is 3.21. The van der Waals surface area contributed by atoms with Crippen LogP contribution in [0.2, 0.25) is 5.02 Å². The highest BCUT2D eigenvalue weighted by molar-refractivity contribution is 9.10. The molecule has 248 valence electrons. The maximum Gasteiger partial charge on any atom is 0.330 e. The van der Waals surface area contributed by atoms with Crippen LogP contribution in [0.25, 0.3) is 0 Å². The number of aryl methyl sites for hydroxylation is 2. The number of amides is 3. The second kappa shape index (κ2) is 14.6. The molecule has 0 bridgehead atoms. The molecule has 6 rings (SSSR count). The fraction of sp³-hybridized carbons (Fsp3) is 0.588. The van der Waals surface area contributed by atoms with E-state index in [4.69, 9.17) is 27.1 Å². The Bertz CT molecular complexity index is 1390. The van der Waals surface area contributed by atoms with Gasteiger partial charge in [0.1, 0.15) is 6.04 Å². The van der Waals surface area contributed by atoms with Crippen LogP contribution in [0.4, 0.5) is 4.79 Å². The monoisotopic (exact) mass is 714 g/mol. The highest BCUT2D eigenvalue weighted by Gasteiger charge is 2.41. The van der Waals surface area contributed by atoms with Crippen molar-refractivity contribution in [3.8, 4) is 0 Å². The Hall–Kier alpha value is -2.73. The summed E-state index contributed by atoms with van der Waals surface area (Å²) in [5, 5.41) is 0.763. The van der Waals surface area contributed by atoms with Gasteiger partial charge in [0.25, 0.3) is 0 Å². The number of hydrogen-bond acceptors (Lipinski definition) is 7. The van der Waals surface area contributed by atoms with Crippen molar-refractivity contribution in [3.05, 3.63) is 62.3 Å². The van der Waals surface area contributed by atoms with Gasteiger partial charge in [-0.1, -0.05) is 17.7 Å². The van der Waals surface area contributed by atoms with E-state index in [1.807, 2.05) is 12.3 Å². The number of nitrogens with two attached hydrogens (primary N) is 1. The van der Waals surface area contributed by atoms with E-state index in [0.29, 0.717) is 38.6 Å². The van der Waals surface area contributed by atoms with Gasteiger partial charge >= 0.3 is 12.0 Å². The fourth-order valence-electron chi connectivity index (χ4n) is 7.89. The molecule has 0 radical (unpaired) electrons. The van der Waals surface area contributed by atoms with Gasteiger partial charge in [-0.2, -0.15) is 0 Å². The summed E-state index contributed by atoms with van der Waals surface area (Å²) in [6.07, 6.45) is 7.55. The molecule has 1 aromatic heterocycles. The number of piperazine rings is 1. The topological polar surface area (TPSA) is 112 Å². The summed E-state index contributed by atoms with van der Waals surface area (Å²) < 4.78 is 6.47. The number of urea groups is 1. The number of likely N-dealkylation sites (tertiary alicyclic amines) is 2. The van der Waals surface area contributed by atoms with Gasteiger partial charge in [-0.3, -0.25) is 19.6 Å². The highest BCUT2D eigenvalue weighted by Crippen LogP contribution is 2.39. The van der Waals surface area contributed by atoms with Crippen LogP contribution in [0, 0.1) is 5.92 Å². The standard InChI is InChI=1S/C34H44BrClN6O4/c1-2-46-33(44)29-21-41(15-16-42(29)30(43)17-22-7-11-40(12-8-22)34(37)45)27-9-13-39(14-10-27)32-28-6-5-26(36)19-23(28)3-4-24-18-25(35)20-38-31(24)32/h5-6,18-20,22,27,29,32H,2-4,7-17,21H2,1H3,(H2,37,45)/t29-,32?/m1/s1. The molecular formula is C34H44BrClN6O4. The molecule has 12 heteroatoms. The predicted molar refractivity (Wildman–Crippen MR) is 179 cm³/mol. The third-order valence-electron chi connectivity index (χ3n) is 10.4. The van der Waals surface area contributed by atoms with Crippen molar-refractivity contribution in [1.29, 1.82) is 0 Å². The van der Waals surface area contributed by atoms with Crippen LogP contribution in [-0.4, -0.2) is 107 Å². The van der Waals surface area contributed by atoms with Gasteiger partial charge in [0.2, 0.25) is 5.91 Å². The summed E-state index contributed by atoms with van der Waals surface area (Å²) in [6, 6.07) is 7.84. The number of primary amides is 1. The number of benzene rings is 1. The lowest BCUT2D eigenvalue weighted by Gasteiger charge is -2.46. The SMILES string of the molecule is CCOC(=O)[C@H]1CN(C2CCN(C3c4ccc(Cl)cc4CCc4cc(Br)cnc43)CC2)CCN1C(=O)CC1CCN(C(N)=O)CC1. The number of pyridine rings is 1. The molecular weight excluding hydrogens is 672 g/mol. The van der Waals surface area contributed by atoms with Crippen LogP contribution in [0.1, 0.15) is 67.5 Å². The summed E-state index contributed by atoms with van der Waals surface area (Å²) in [5.41, 5.74) is 10.4. The first kappa shape index (κ1) is 33.2. The minimum absolute atomic E-state index is 0.00465. The third kappa shape index (κ3) is 7.22. The van der Waals surface area contributed by atoms with Gasteiger partial charge < -0.3 is 20.3 Å². The summed E-state index contributed by atoms with van der Waals surface area (Å²) in [7, 11) is 0. The Kier molecular flexibility index (Phi) is 10.5. The zero-order valence-electron chi connectivity index (χ0n) is 26.5. The number of fused-ring (bicyclic) bond motifs is 2. The van der Waals surface area contributed by atoms with Gasteiger partial charge in [0.15, 0.2) is 0 Å². The summed E-state index contributed by atoms with van der Waals surface area (Å²) in [6.45, 7) is 6.75. The molecule has 3 saturated heterocycles. The minimum atomic E-state index is -0.613. The molecule has 4 aliphatic rings. The number of ether oxygens (including phenoxy) is 1. The first-order valence-corrected chi connectivity index (χ1v) is 17.8. The van der Waals surface area contributed by atoms with Crippen molar-refractivity contribution in [1.82, 2.24) is 24.6 Å². The lowest BCUT2D eigenvalue weighted by atomic mass is 9.92. The summed E-state index contributed by atoms with van der Waals surface area (Å²) in [5.74, 6) is -0.154. The second-order valence-corrected chi connectivity index (χ2v) is 14.4. The third-order valence-corrected chi connectivity index (χ3v) is 11.0. The van der Waals surface area contributed by atoms with E-state index in [9.17, 15) is 14.4 Å². The van der Waals surface area contributed by atoms with E-state index < -0.39 is 12.1 Å². The Morgan fingerprint density at radius 1 is 0.978 bits per heavy atom. The lowest BCUT2D eigenvalue weighted by molar-refractivity contribution is -0.159. The molecule has 2 aromatic rings. The van der Waals surface area contributed by atoms with Crippen molar-refractivity contribution >= 4 is 45.4 Å². The Morgan fingerprint density at radius 3 is 2.43 bits per heavy atom. The fourth-order valence-corrected chi connectivity index (χ4v) is 8.46. The van der Waals surface area contributed by atoms with Crippen LogP contribution in [0.15, 0.2) is 34.9 Å². The van der Waals surface area contributed by atoms with Crippen LogP contribution in [0.5, 0.6) is 0 Å². The lowest BCUT2D eigenvalue weighted by Crippen LogP contribution is -2.61. The van der Waals surface area contributed by atoms with E-state index in [1.165, 1.54) is 16.7 Å². The zero-order chi connectivity index (χ0) is 32.4. The predicted octanol–water partition coefficient (Wildman–Crippen LogP) is 4.41. The minimum Gasteiger partial charge on any atom is -0.464 e. The maximum absolute atomic E-state index is 13.5. The molecule has 4 heterocycles. The molecule has 3 aliphatic heterocycles. The average molecular weight is 716 g/mol. The number of rotatable bonds is 6. The number of halogens is 2. The molecule has 1 aliphatic carbocycles. The van der Waals surface area contributed by atoms with Crippen molar-refractivity contribution in [3.63, 3.8) is 0 Å². The number of esters is 1. The van der Waals surface area contributed by atoms with E-state index in [0.717, 1.165) is 73.3 Å². The molecule has 10 nitrogen and oxygen atoms in total. The van der Waals surface area contributed by atoms with Crippen LogP contribution >= 0.6 is 27.5 Å². The molecule has 2 N–H and O–H groups in total. The van der Waals surface area contributed by atoms with Crippen LogP contribution in [-0.2, 0) is 27.2 Å². The molecule has 0 saturated carbocycles. The van der Waals surface area contributed by atoms with Crippen molar-refractivity contribution in [2.24, 2.45) is 11.7 Å². The van der Waals surface area contributed by atoms with E-state index >= 15 is 0 Å². The molecule has 2 atom stereocenters. The number of carbonyl (C=O) groups is 3. The number of nitrogens with zero attached hydrogens (tertiary/aromatic N) is 5. The summed E-state index contributed by atoms with van der Waals surface area (Å²) in [4.78, 5) is 51.5. The van der Waals surface area contributed by atoms with E-state index in [-0.39, 0.29) is 30.4 Å². The largest absolute Gasteiger partial charge is 0.464 e. The van der Waals surface area contributed by atoms with Gasteiger partial charge in [0.05, 0.1) is 18.3 Å². The first-order valence-electron chi connectivity index (χ1n) is 16.6. The number of aromatic nitrogens is 1. The van der Waals surface area contributed by atoms with Gasteiger partial charge in [0, 0.05) is 74.0 Å². The van der Waals surface area contributed by atoms with Gasteiger partial charge in [-0.15, -0.1) is 0 Å². The molecule has 3 fully saturated rings. The normalized spacial score (nSPS) is 23.4. The molecule has 1 unspecified atom stereocenters. The first-order chi connectivity index (χ1) is 22.2. The van der Waals surface area contributed by atoms with Crippen LogP contribution in [0.3, 0.4) is 0 Å². The zero-order valence-corrected chi connectivity index (χ0v) is 28.8. The van der Waals surface area contributed by atoms with E-state index in [2.05, 4.69) is 43.9 Å². The smallest absolute Gasteiger partial charge is 0.330 e. The highest BCUT2D eigenvalue weighted by atomic mass is 79.9. The number of hydrogen-bond donors (Lipinski definition) is 1. The maximum atomic E-state index is 13.5. The van der Waals surface area contributed by atoms with Crippen LogP contribution < -0.4 is 5.73 Å². The molecule has 1 aromatic carbocycles. The van der Waals surface area contributed by atoms with Crippen molar-refractivity contribution in [2.75, 3.05) is 52.4 Å². The van der Waals surface area contributed by atoms with Gasteiger partial charge in [-0.25, -0.2) is 9.59 Å². The molecule has 0 spiro atoms. The Morgan fingerprint density at radius 2 is 1.72 bits per heavy atom. The van der Waals surface area contributed by atoms with Crippen molar-refractivity contribution in [2.45, 2.75) is 70.0 Å². The van der Waals surface area contributed by atoms with E-state index in [1.54, 1.807) is 16.7 Å². The van der Waals surface area contributed by atoms with Gasteiger partial charge in [-0.05, 0) is 102 Å².